The molecule has 140 valence electrons. The smallest absolute Gasteiger partial charge is 0.244 e. The molecule has 0 fully saturated rings. The number of carbonyl (C=O) groups excluding carboxylic acids is 1. The maximum absolute atomic E-state index is 13.0. The summed E-state index contributed by atoms with van der Waals surface area (Å²) in [6.07, 6.45) is 0. The first-order valence-corrected chi connectivity index (χ1v) is 9.34. The van der Waals surface area contributed by atoms with Crippen LogP contribution < -0.4 is 11.1 Å². The van der Waals surface area contributed by atoms with Crippen molar-refractivity contribution in [1.82, 2.24) is 15.2 Å². The monoisotopic (exact) mass is 362 g/mol. The number of anilines is 1. The highest BCUT2D eigenvalue weighted by molar-refractivity contribution is 5.83. The van der Waals surface area contributed by atoms with Crippen LogP contribution in [0.1, 0.15) is 31.0 Å². The zero-order valence-corrected chi connectivity index (χ0v) is 15.9. The highest BCUT2D eigenvalue weighted by Gasteiger charge is 2.23. The third kappa shape index (κ3) is 4.44. The molecule has 2 aromatic carbocycles. The molecule has 3 rings (SSSR count). The van der Waals surface area contributed by atoms with Crippen molar-refractivity contribution in [3.8, 4) is 0 Å². The second-order valence-corrected chi connectivity index (χ2v) is 6.50. The molecule has 1 aromatic heterocycles. The molecule has 0 saturated carbocycles. The Bertz CT molecular complexity index is 907. The number of hydrogen-bond donors (Lipinski definition) is 2. The molecule has 27 heavy (non-hydrogen) atoms. The van der Waals surface area contributed by atoms with Crippen molar-refractivity contribution in [2.24, 2.45) is 0 Å². The molecule has 0 aliphatic carbocycles. The predicted molar refractivity (Wildman–Crippen MR) is 110 cm³/mol. The van der Waals surface area contributed by atoms with E-state index < -0.39 is 0 Å². The van der Waals surface area contributed by atoms with Crippen LogP contribution in [0.5, 0.6) is 0 Å². The molecule has 5 heteroatoms. The third-order valence-electron chi connectivity index (χ3n) is 4.74. The Morgan fingerprint density at radius 2 is 1.81 bits per heavy atom. The van der Waals surface area contributed by atoms with Gasteiger partial charge in [-0.05, 0) is 49.2 Å². The molecule has 0 aliphatic heterocycles. The Labute approximate surface area is 160 Å². The van der Waals surface area contributed by atoms with E-state index >= 15 is 0 Å². The Balaban J connectivity index is 1.82. The molecular formula is C22H26N4O. The predicted octanol–water partition coefficient (Wildman–Crippen LogP) is 3.52. The summed E-state index contributed by atoms with van der Waals surface area (Å²) < 4.78 is 0. The summed E-state index contributed by atoms with van der Waals surface area (Å²) >= 11 is 0. The summed E-state index contributed by atoms with van der Waals surface area (Å²) in [6.45, 7) is 6.00. The molecule has 0 bridgehead atoms. The number of carbonyl (C=O) groups is 1. The van der Waals surface area contributed by atoms with Gasteiger partial charge in [-0.1, -0.05) is 36.4 Å². The number of hydrogen-bond acceptors (Lipinski definition) is 4. The SMILES string of the molecule is CCN(CC)C(=O)C(NCc1ccc2nc(N)ccc2c1)c1ccccc1. The van der Waals surface area contributed by atoms with Gasteiger partial charge in [0.05, 0.1) is 5.52 Å². The number of nitrogens with one attached hydrogen (secondary N) is 1. The van der Waals surface area contributed by atoms with Gasteiger partial charge in [-0.3, -0.25) is 10.1 Å². The lowest BCUT2D eigenvalue weighted by Gasteiger charge is -2.26. The van der Waals surface area contributed by atoms with E-state index in [4.69, 9.17) is 5.73 Å². The Kier molecular flexibility index (Phi) is 6.04. The maximum Gasteiger partial charge on any atom is 0.244 e. The summed E-state index contributed by atoms with van der Waals surface area (Å²) in [5.41, 5.74) is 8.70. The molecule has 1 unspecified atom stereocenters. The molecule has 0 aliphatic rings. The molecule has 1 atom stereocenters. The molecule has 3 N–H and O–H groups in total. The van der Waals surface area contributed by atoms with E-state index in [0.29, 0.717) is 25.5 Å². The summed E-state index contributed by atoms with van der Waals surface area (Å²) in [6, 6.07) is 19.3. The van der Waals surface area contributed by atoms with Crippen LogP contribution in [-0.4, -0.2) is 28.9 Å². The number of nitrogens with two attached hydrogens (primary N) is 1. The summed E-state index contributed by atoms with van der Waals surface area (Å²) in [5.74, 6) is 0.615. The van der Waals surface area contributed by atoms with E-state index in [1.165, 1.54) is 0 Å². The van der Waals surface area contributed by atoms with Gasteiger partial charge in [0, 0.05) is 25.0 Å². The van der Waals surface area contributed by atoms with Crippen molar-refractivity contribution in [1.29, 1.82) is 0 Å². The molecule has 5 nitrogen and oxygen atoms in total. The number of benzene rings is 2. The van der Waals surface area contributed by atoms with E-state index in [-0.39, 0.29) is 11.9 Å². The third-order valence-corrected chi connectivity index (χ3v) is 4.74. The zero-order chi connectivity index (χ0) is 19.2. The van der Waals surface area contributed by atoms with Gasteiger partial charge in [0.1, 0.15) is 11.9 Å². The number of aromatic nitrogens is 1. The average Bonchev–Trinajstić information content (AvgIpc) is 2.70. The first-order valence-electron chi connectivity index (χ1n) is 9.34. The Hall–Kier alpha value is -2.92. The number of nitrogen functional groups attached to an aromatic ring is 1. The van der Waals surface area contributed by atoms with Crippen LogP contribution in [0.25, 0.3) is 10.9 Å². The number of pyridine rings is 1. The van der Waals surface area contributed by atoms with Crippen LogP contribution in [0.2, 0.25) is 0 Å². The quantitative estimate of drug-likeness (QED) is 0.675. The molecule has 0 radical (unpaired) electrons. The van der Waals surface area contributed by atoms with Gasteiger partial charge in [-0.25, -0.2) is 4.98 Å². The van der Waals surface area contributed by atoms with Gasteiger partial charge < -0.3 is 10.6 Å². The minimum Gasteiger partial charge on any atom is -0.384 e. The fourth-order valence-corrected chi connectivity index (χ4v) is 3.23. The molecule has 0 saturated heterocycles. The average molecular weight is 362 g/mol. The van der Waals surface area contributed by atoms with Crippen molar-refractivity contribution in [3.05, 3.63) is 71.8 Å². The van der Waals surface area contributed by atoms with Crippen molar-refractivity contribution in [2.75, 3.05) is 18.8 Å². The molecule has 3 aromatic rings. The summed E-state index contributed by atoms with van der Waals surface area (Å²) in [5, 5.41) is 4.48. The lowest BCUT2D eigenvalue weighted by molar-refractivity contribution is -0.133. The van der Waals surface area contributed by atoms with Crippen molar-refractivity contribution in [3.63, 3.8) is 0 Å². The summed E-state index contributed by atoms with van der Waals surface area (Å²) in [4.78, 5) is 19.2. The Morgan fingerprint density at radius 3 is 2.52 bits per heavy atom. The number of likely N-dealkylation sites (N-methyl/N-ethyl adjacent to an activating group) is 1. The van der Waals surface area contributed by atoms with Crippen LogP contribution in [0.4, 0.5) is 5.82 Å². The second kappa shape index (κ2) is 8.64. The van der Waals surface area contributed by atoms with Crippen LogP contribution in [-0.2, 0) is 11.3 Å². The van der Waals surface area contributed by atoms with Crippen molar-refractivity contribution in [2.45, 2.75) is 26.4 Å². The van der Waals surface area contributed by atoms with Crippen molar-refractivity contribution >= 4 is 22.6 Å². The van der Waals surface area contributed by atoms with Crippen LogP contribution in [0.15, 0.2) is 60.7 Å². The summed E-state index contributed by atoms with van der Waals surface area (Å²) in [7, 11) is 0. The van der Waals surface area contributed by atoms with Gasteiger partial charge in [-0.15, -0.1) is 0 Å². The number of amides is 1. The van der Waals surface area contributed by atoms with E-state index in [0.717, 1.165) is 22.0 Å². The standard InChI is InChI=1S/C22H26N4O/c1-3-26(4-2)22(27)21(17-8-6-5-7-9-17)24-15-16-10-12-19-18(14-16)11-13-20(23)25-19/h5-14,21,24H,3-4,15H2,1-2H3,(H2,23,25). The van der Waals surface area contributed by atoms with Gasteiger partial charge >= 0.3 is 0 Å². The molecule has 1 heterocycles. The lowest BCUT2D eigenvalue weighted by Crippen LogP contribution is -2.40. The topological polar surface area (TPSA) is 71.2 Å². The van der Waals surface area contributed by atoms with E-state index in [9.17, 15) is 4.79 Å². The number of rotatable bonds is 7. The first-order chi connectivity index (χ1) is 13.1. The van der Waals surface area contributed by atoms with E-state index in [1.807, 2.05) is 67.3 Å². The van der Waals surface area contributed by atoms with Crippen LogP contribution >= 0.6 is 0 Å². The van der Waals surface area contributed by atoms with Gasteiger partial charge in [0.15, 0.2) is 0 Å². The van der Waals surface area contributed by atoms with Crippen LogP contribution in [0.3, 0.4) is 0 Å². The molecule has 0 spiro atoms. The maximum atomic E-state index is 13.0. The van der Waals surface area contributed by atoms with Crippen LogP contribution in [0, 0.1) is 0 Å². The van der Waals surface area contributed by atoms with E-state index in [1.54, 1.807) is 6.07 Å². The second-order valence-electron chi connectivity index (χ2n) is 6.50. The molecular weight excluding hydrogens is 336 g/mol. The largest absolute Gasteiger partial charge is 0.384 e. The minimum absolute atomic E-state index is 0.0985. The first kappa shape index (κ1) is 18.9. The van der Waals surface area contributed by atoms with E-state index in [2.05, 4.69) is 16.4 Å². The fraction of sp³-hybridized carbons (Fsp3) is 0.273. The van der Waals surface area contributed by atoms with Crippen molar-refractivity contribution < 1.29 is 4.79 Å². The zero-order valence-electron chi connectivity index (χ0n) is 15.9. The lowest BCUT2D eigenvalue weighted by atomic mass is 10.0. The normalized spacial score (nSPS) is 12.1. The minimum atomic E-state index is -0.369. The highest BCUT2D eigenvalue weighted by Crippen LogP contribution is 2.19. The fourth-order valence-electron chi connectivity index (χ4n) is 3.23. The number of fused-ring (bicyclic) bond motifs is 1. The van der Waals surface area contributed by atoms with Gasteiger partial charge in [0.25, 0.3) is 0 Å². The number of nitrogens with zero attached hydrogens (tertiary/aromatic N) is 2. The van der Waals surface area contributed by atoms with Gasteiger partial charge in [-0.2, -0.15) is 0 Å². The molecule has 1 amide bonds. The van der Waals surface area contributed by atoms with Gasteiger partial charge in [0.2, 0.25) is 5.91 Å². The highest BCUT2D eigenvalue weighted by atomic mass is 16.2. The Morgan fingerprint density at radius 1 is 1.07 bits per heavy atom.